The lowest BCUT2D eigenvalue weighted by molar-refractivity contribution is -0.140. The number of likely N-dealkylation sites (N-methyl/N-ethyl adjacent to an activating group) is 2. The normalized spacial score (nSPS) is 20.2. The lowest BCUT2D eigenvalue weighted by Crippen LogP contribution is -2.39. The Morgan fingerprint density at radius 3 is 1.79 bits per heavy atom. The topological polar surface area (TPSA) is 132 Å². The van der Waals surface area contributed by atoms with Gasteiger partial charge in [0.1, 0.15) is 28.9 Å². The molecule has 0 aliphatic carbocycles. The number of amides is 4. The Balaban J connectivity index is 1.44. The third kappa shape index (κ3) is 4.13. The van der Waals surface area contributed by atoms with Gasteiger partial charge in [-0.1, -0.05) is 0 Å². The first kappa shape index (κ1) is 28.5. The fraction of sp³-hybridized carbons (Fsp3) is 0.226. The number of thiophene rings is 3. The number of hydrogen-bond acceptors (Lipinski definition) is 10. The van der Waals surface area contributed by atoms with E-state index in [0.717, 1.165) is 50.0 Å². The van der Waals surface area contributed by atoms with Gasteiger partial charge in [-0.15, -0.1) is 34.0 Å². The van der Waals surface area contributed by atoms with E-state index in [0.29, 0.717) is 22.3 Å². The largest absolute Gasteiger partial charge is 0.480 e. The van der Waals surface area contributed by atoms with Crippen molar-refractivity contribution >= 4 is 79.2 Å². The molecule has 0 spiro atoms. The Kier molecular flexibility index (Phi) is 6.43. The van der Waals surface area contributed by atoms with Crippen LogP contribution in [-0.2, 0) is 24.8 Å². The van der Waals surface area contributed by atoms with E-state index in [1.165, 1.54) is 36.8 Å². The summed E-state index contributed by atoms with van der Waals surface area (Å²) in [5.41, 5.74) is 1.49. The van der Waals surface area contributed by atoms with Crippen LogP contribution in [0.2, 0.25) is 0 Å². The molecule has 0 fully saturated rings. The molecule has 214 valence electrons. The molecule has 0 N–H and O–H groups in total. The van der Waals surface area contributed by atoms with Crippen LogP contribution in [0.4, 0.5) is 0 Å². The average molecular weight is 627 g/mol. The quantitative estimate of drug-likeness (QED) is 0.261. The molecule has 6 heterocycles. The molecule has 12 heteroatoms. The maximum Gasteiger partial charge on any atom is 0.271 e. The van der Waals surface area contributed by atoms with Crippen LogP contribution in [0, 0.1) is 22.7 Å². The summed E-state index contributed by atoms with van der Waals surface area (Å²) in [6, 6.07) is 7.80. The van der Waals surface area contributed by atoms with Crippen molar-refractivity contribution in [1.29, 1.82) is 10.5 Å². The SMILES string of the molecule is CC1=C(C#N)C(=O)N(C)C(=O)/C1=C/c1cc2c(s1)-c1sc3cc(/C=C4/C(=O)N(C)C(=O)C(C#N)=C4C)sc3c1OC2(C)C. The Hall–Kier alpha value is -4.62. The van der Waals surface area contributed by atoms with Crippen LogP contribution in [0.5, 0.6) is 5.75 Å². The molecule has 0 unspecified atom stereocenters. The standard InChI is InChI=1S/C31H22N4O5S3/c1-13-17(27(36)34(5)29(38)19(13)11-32)7-15-9-21-24(41-15)26-23(40-31(21,3)4)25-22(43-26)10-16(42-25)8-18-14(2)20(12-33)30(39)35(6)28(18)37/h7-10H,1-6H3/b17-7+,18-8+. The van der Waals surface area contributed by atoms with Crippen LogP contribution in [0.1, 0.15) is 43.0 Å². The van der Waals surface area contributed by atoms with Crippen molar-refractivity contribution in [3.63, 3.8) is 0 Å². The average Bonchev–Trinajstić information content (AvgIpc) is 3.66. The van der Waals surface area contributed by atoms with Crippen LogP contribution in [0.25, 0.3) is 31.3 Å². The Labute approximate surface area is 258 Å². The van der Waals surface area contributed by atoms with Crippen LogP contribution >= 0.6 is 34.0 Å². The Morgan fingerprint density at radius 1 is 0.767 bits per heavy atom. The minimum atomic E-state index is -0.693. The second kappa shape index (κ2) is 9.71. The summed E-state index contributed by atoms with van der Waals surface area (Å²) in [6.45, 7) is 7.17. The van der Waals surface area contributed by atoms with Gasteiger partial charge in [0.2, 0.25) is 0 Å². The van der Waals surface area contributed by atoms with E-state index in [9.17, 15) is 29.7 Å². The lowest BCUT2D eigenvalue weighted by atomic mass is 9.93. The molecular weight excluding hydrogens is 605 g/mol. The summed E-state index contributed by atoms with van der Waals surface area (Å²) in [6.07, 6.45) is 3.44. The number of carbonyl (C=O) groups excluding carboxylic acids is 4. The van der Waals surface area contributed by atoms with Gasteiger partial charge in [-0.3, -0.25) is 29.0 Å². The highest BCUT2D eigenvalue weighted by Gasteiger charge is 2.39. The zero-order valence-corrected chi connectivity index (χ0v) is 26.3. The number of nitrogens with zero attached hydrogens (tertiary/aromatic N) is 4. The van der Waals surface area contributed by atoms with Crippen molar-refractivity contribution in [2.45, 2.75) is 33.3 Å². The molecule has 3 aliphatic rings. The van der Waals surface area contributed by atoms with Crippen molar-refractivity contribution in [3.8, 4) is 27.6 Å². The van der Waals surface area contributed by atoms with Crippen LogP contribution in [0.3, 0.4) is 0 Å². The number of ether oxygens (including phenoxy) is 1. The molecule has 6 rings (SSSR count). The molecule has 0 atom stereocenters. The number of fused-ring (bicyclic) bond motifs is 5. The number of carbonyl (C=O) groups is 4. The van der Waals surface area contributed by atoms with E-state index in [2.05, 4.69) is 0 Å². The van der Waals surface area contributed by atoms with Crippen molar-refractivity contribution in [1.82, 2.24) is 9.80 Å². The summed E-state index contributed by atoms with van der Waals surface area (Å²) in [7, 11) is 2.74. The van der Waals surface area contributed by atoms with Gasteiger partial charge in [0, 0.05) is 40.6 Å². The van der Waals surface area contributed by atoms with E-state index in [4.69, 9.17) is 4.74 Å². The smallest absolute Gasteiger partial charge is 0.271 e. The first-order valence-corrected chi connectivity index (χ1v) is 15.4. The second-order valence-electron chi connectivity index (χ2n) is 10.8. The van der Waals surface area contributed by atoms with E-state index < -0.39 is 29.2 Å². The van der Waals surface area contributed by atoms with Crippen LogP contribution in [-0.4, -0.2) is 47.5 Å². The van der Waals surface area contributed by atoms with Gasteiger partial charge in [0.05, 0.1) is 19.2 Å². The van der Waals surface area contributed by atoms with Gasteiger partial charge in [0.25, 0.3) is 23.6 Å². The molecule has 3 aromatic rings. The van der Waals surface area contributed by atoms with Crippen molar-refractivity contribution in [2.75, 3.05) is 14.1 Å². The Bertz CT molecular complexity index is 2080. The molecule has 43 heavy (non-hydrogen) atoms. The van der Waals surface area contributed by atoms with Crippen molar-refractivity contribution in [2.24, 2.45) is 0 Å². The van der Waals surface area contributed by atoms with Gasteiger partial charge in [-0.2, -0.15) is 10.5 Å². The van der Waals surface area contributed by atoms with Crippen LogP contribution < -0.4 is 4.74 Å². The second-order valence-corrected chi connectivity index (χ2v) is 14.0. The fourth-order valence-corrected chi connectivity index (χ4v) is 9.13. The summed E-state index contributed by atoms with van der Waals surface area (Å²) < 4.78 is 8.45. The predicted octanol–water partition coefficient (Wildman–Crippen LogP) is 5.76. The van der Waals surface area contributed by atoms with Crippen LogP contribution in [0.15, 0.2) is 45.6 Å². The van der Waals surface area contributed by atoms with E-state index in [1.54, 1.807) is 37.3 Å². The molecule has 0 saturated heterocycles. The predicted molar refractivity (Wildman–Crippen MR) is 165 cm³/mol. The summed E-state index contributed by atoms with van der Waals surface area (Å²) >= 11 is 4.53. The van der Waals surface area contributed by atoms with Crippen molar-refractivity contribution < 1.29 is 23.9 Å². The zero-order chi connectivity index (χ0) is 31.1. The van der Waals surface area contributed by atoms with Gasteiger partial charge < -0.3 is 4.74 Å². The van der Waals surface area contributed by atoms with Gasteiger partial charge >= 0.3 is 0 Å². The molecule has 0 bridgehead atoms. The Morgan fingerprint density at radius 2 is 1.28 bits per heavy atom. The van der Waals surface area contributed by atoms with Crippen molar-refractivity contribution in [3.05, 3.63) is 60.9 Å². The summed E-state index contributed by atoms with van der Waals surface area (Å²) in [4.78, 5) is 56.0. The number of imide groups is 2. The number of hydrogen-bond donors (Lipinski definition) is 0. The van der Waals surface area contributed by atoms with E-state index in [1.807, 2.05) is 38.1 Å². The summed E-state index contributed by atoms with van der Waals surface area (Å²) in [5.74, 6) is -1.39. The van der Waals surface area contributed by atoms with E-state index >= 15 is 0 Å². The first-order valence-electron chi connectivity index (χ1n) is 13.0. The molecule has 3 aliphatic heterocycles. The molecule has 3 aromatic heterocycles. The first-order chi connectivity index (χ1) is 20.3. The minimum Gasteiger partial charge on any atom is -0.480 e. The third-order valence-electron chi connectivity index (χ3n) is 7.77. The highest BCUT2D eigenvalue weighted by molar-refractivity contribution is 7.32. The van der Waals surface area contributed by atoms with Gasteiger partial charge in [-0.25, -0.2) is 0 Å². The zero-order valence-electron chi connectivity index (χ0n) is 23.9. The highest BCUT2D eigenvalue weighted by Crippen LogP contribution is 2.57. The highest BCUT2D eigenvalue weighted by atomic mass is 32.1. The molecule has 0 saturated carbocycles. The number of rotatable bonds is 2. The maximum atomic E-state index is 13.0. The molecular formula is C31H22N4O5S3. The fourth-order valence-electron chi connectivity index (χ4n) is 5.29. The third-order valence-corrected chi connectivity index (χ3v) is 11.3. The minimum absolute atomic E-state index is 0.0483. The molecule has 4 amide bonds. The molecule has 9 nitrogen and oxygen atoms in total. The molecule has 0 radical (unpaired) electrons. The molecule has 0 aromatic carbocycles. The van der Waals surface area contributed by atoms with Gasteiger partial charge in [-0.05, 0) is 63.1 Å². The van der Waals surface area contributed by atoms with E-state index in [-0.39, 0.29) is 11.1 Å². The maximum absolute atomic E-state index is 13.0. The van der Waals surface area contributed by atoms with Gasteiger partial charge in [0.15, 0.2) is 5.75 Å². The monoisotopic (exact) mass is 626 g/mol. The summed E-state index contributed by atoms with van der Waals surface area (Å²) in [5, 5.41) is 19.0. The lowest BCUT2D eigenvalue weighted by Gasteiger charge is -2.31. The number of nitriles is 2.